The van der Waals surface area contributed by atoms with Gasteiger partial charge in [-0.2, -0.15) is 0 Å². The third-order valence-electron chi connectivity index (χ3n) is 2.43. The lowest BCUT2D eigenvalue weighted by atomic mass is 10.0. The summed E-state index contributed by atoms with van der Waals surface area (Å²) in [4.78, 5) is 0. The first kappa shape index (κ1) is 12.4. The van der Waals surface area contributed by atoms with E-state index < -0.39 is 17.7 Å². The van der Waals surface area contributed by atoms with Crippen LogP contribution in [0.25, 0.3) is 0 Å². The van der Waals surface area contributed by atoms with Crippen molar-refractivity contribution in [1.82, 2.24) is 0 Å². The summed E-state index contributed by atoms with van der Waals surface area (Å²) in [5.74, 6) is -1.46. The van der Waals surface area contributed by atoms with Gasteiger partial charge in [-0.05, 0) is 40.3 Å². The van der Waals surface area contributed by atoms with E-state index in [4.69, 9.17) is 0 Å². The van der Waals surface area contributed by atoms with Crippen molar-refractivity contribution >= 4 is 22.6 Å². The van der Waals surface area contributed by atoms with E-state index >= 15 is 0 Å². The van der Waals surface area contributed by atoms with Crippen LogP contribution in [0.1, 0.15) is 17.2 Å². The molecule has 17 heavy (non-hydrogen) atoms. The Morgan fingerprint density at radius 2 is 1.53 bits per heavy atom. The average molecular weight is 346 g/mol. The minimum absolute atomic E-state index is 0.309. The second kappa shape index (κ2) is 5.10. The molecule has 1 unspecified atom stereocenters. The third kappa shape index (κ3) is 2.63. The van der Waals surface area contributed by atoms with Crippen molar-refractivity contribution in [1.29, 1.82) is 0 Å². The minimum Gasteiger partial charge on any atom is -0.383 e. The Balaban J connectivity index is 2.48. The second-order valence-corrected chi connectivity index (χ2v) is 4.84. The molecule has 2 aromatic carbocycles. The molecule has 0 saturated heterocycles. The second-order valence-electron chi connectivity index (χ2n) is 3.60. The molecule has 0 aromatic heterocycles. The number of rotatable bonds is 2. The van der Waals surface area contributed by atoms with E-state index in [2.05, 4.69) is 0 Å². The smallest absolute Gasteiger partial charge is 0.133 e. The van der Waals surface area contributed by atoms with Gasteiger partial charge in [-0.1, -0.05) is 30.3 Å². The summed E-state index contributed by atoms with van der Waals surface area (Å²) in [6.07, 6.45) is -1.28. The van der Waals surface area contributed by atoms with Gasteiger partial charge in [0.1, 0.15) is 17.7 Å². The summed E-state index contributed by atoms with van der Waals surface area (Å²) in [5.41, 5.74) is 0.156. The maximum absolute atomic E-state index is 13.6. The Labute approximate surface area is 111 Å². The van der Waals surface area contributed by atoms with Crippen molar-refractivity contribution in [3.05, 3.63) is 68.8 Å². The molecular weight excluding hydrogens is 337 g/mol. The van der Waals surface area contributed by atoms with Crippen molar-refractivity contribution in [2.45, 2.75) is 6.10 Å². The Hall–Kier alpha value is -1.01. The molecule has 0 radical (unpaired) electrons. The molecule has 0 bridgehead atoms. The van der Waals surface area contributed by atoms with E-state index in [0.29, 0.717) is 9.13 Å². The summed E-state index contributed by atoms with van der Waals surface area (Å²) in [6.45, 7) is 0. The molecule has 1 nitrogen and oxygen atoms in total. The molecule has 0 aliphatic rings. The van der Waals surface area contributed by atoms with Gasteiger partial charge in [-0.3, -0.25) is 0 Å². The first-order valence-corrected chi connectivity index (χ1v) is 6.05. The monoisotopic (exact) mass is 346 g/mol. The Morgan fingerprint density at radius 3 is 2.06 bits per heavy atom. The molecule has 0 amide bonds. The standard InChI is InChI=1S/C13H9F2IO/c14-10-6-9(16)7-11(15)12(10)13(17)8-4-2-1-3-5-8/h1-7,13,17H. The highest BCUT2D eigenvalue weighted by Gasteiger charge is 2.20. The number of halogens is 3. The molecule has 0 saturated carbocycles. The predicted molar refractivity (Wildman–Crippen MR) is 69.6 cm³/mol. The molecule has 2 aromatic rings. The largest absolute Gasteiger partial charge is 0.383 e. The molecular formula is C13H9F2IO. The van der Waals surface area contributed by atoms with Gasteiger partial charge in [-0.25, -0.2) is 8.78 Å². The third-order valence-corrected chi connectivity index (χ3v) is 3.06. The van der Waals surface area contributed by atoms with Gasteiger partial charge in [0.25, 0.3) is 0 Å². The number of hydrogen-bond donors (Lipinski definition) is 1. The topological polar surface area (TPSA) is 20.2 Å². The SMILES string of the molecule is OC(c1ccccc1)c1c(F)cc(I)cc1F. The molecule has 1 N–H and O–H groups in total. The van der Waals surface area contributed by atoms with Crippen molar-refractivity contribution in [3.63, 3.8) is 0 Å². The number of aliphatic hydroxyl groups is 1. The molecule has 4 heteroatoms. The fourth-order valence-electron chi connectivity index (χ4n) is 1.62. The maximum atomic E-state index is 13.6. The molecule has 0 aliphatic heterocycles. The molecule has 0 fully saturated rings. The van der Waals surface area contributed by atoms with Crippen LogP contribution in [0, 0.1) is 15.2 Å². The molecule has 0 spiro atoms. The van der Waals surface area contributed by atoms with Crippen LogP contribution >= 0.6 is 22.6 Å². The van der Waals surface area contributed by atoms with Crippen molar-refractivity contribution < 1.29 is 13.9 Å². The lowest BCUT2D eigenvalue weighted by Gasteiger charge is -2.13. The summed E-state index contributed by atoms with van der Waals surface area (Å²) < 4.78 is 27.7. The summed E-state index contributed by atoms with van der Waals surface area (Å²) in [5, 5.41) is 9.96. The van der Waals surface area contributed by atoms with Crippen LogP contribution in [0.3, 0.4) is 0 Å². The highest BCUT2D eigenvalue weighted by Crippen LogP contribution is 2.27. The van der Waals surface area contributed by atoms with Crippen LogP contribution in [0.2, 0.25) is 0 Å². The Morgan fingerprint density at radius 1 is 1.00 bits per heavy atom. The van der Waals surface area contributed by atoms with E-state index in [9.17, 15) is 13.9 Å². The lowest BCUT2D eigenvalue weighted by Crippen LogP contribution is -2.06. The van der Waals surface area contributed by atoms with E-state index in [1.165, 1.54) is 12.1 Å². The van der Waals surface area contributed by atoms with Gasteiger partial charge in [0.15, 0.2) is 0 Å². The van der Waals surface area contributed by atoms with E-state index in [1.54, 1.807) is 30.3 Å². The predicted octanol–water partition coefficient (Wildman–Crippen LogP) is 3.65. The molecule has 0 aliphatic carbocycles. The highest BCUT2D eigenvalue weighted by atomic mass is 127. The van der Waals surface area contributed by atoms with Crippen LogP contribution in [0.4, 0.5) is 8.78 Å². The molecule has 88 valence electrons. The number of benzene rings is 2. The molecule has 0 heterocycles. The molecule has 2 rings (SSSR count). The average Bonchev–Trinajstić information content (AvgIpc) is 2.28. The van der Waals surface area contributed by atoms with Crippen molar-refractivity contribution in [3.8, 4) is 0 Å². The van der Waals surface area contributed by atoms with Gasteiger partial charge in [0.2, 0.25) is 0 Å². The van der Waals surface area contributed by atoms with Gasteiger partial charge in [0.05, 0.1) is 5.56 Å². The Bertz CT molecular complexity index is 505. The van der Waals surface area contributed by atoms with Gasteiger partial charge in [-0.15, -0.1) is 0 Å². The zero-order valence-corrected chi connectivity index (χ0v) is 10.9. The molecule has 1 atom stereocenters. The van der Waals surface area contributed by atoms with Gasteiger partial charge >= 0.3 is 0 Å². The zero-order chi connectivity index (χ0) is 12.4. The van der Waals surface area contributed by atoms with Crippen LogP contribution in [0.5, 0.6) is 0 Å². The fourth-order valence-corrected chi connectivity index (χ4v) is 2.16. The van der Waals surface area contributed by atoms with Crippen LogP contribution in [-0.2, 0) is 0 Å². The van der Waals surface area contributed by atoms with Gasteiger partial charge in [0, 0.05) is 3.57 Å². The first-order chi connectivity index (χ1) is 8.09. The van der Waals surface area contributed by atoms with Crippen LogP contribution in [0.15, 0.2) is 42.5 Å². The Kier molecular flexibility index (Phi) is 3.73. The summed E-state index contributed by atoms with van der Waals surface area (Å²) >= 11 is 1.82. The zero-order valence-electron chi connectivity index (χ0n) is 8.70. The lowest BCUT2D eigenvalue weighted by molar-refractivity contribution is 0.209. The van der Waals surface area contributed by atoms with E-state index in [0.717, 1.165) is 0 Å². The van der Waals surface area contributed by atoms with Crippen LogP contribution in [-0.4, -0.2) is 5.11 Å². The number of aliphatic hydroxyl groups excluding tert-OH is 1. The summed E-state index contributed by atoms with van der Waals surface area (Å²) in [6, 6.07) is 10.8. The van der Waals surface area contributed by atoms with E-state index in [-0.39, 0.29) is 5.56 Å². The highest BCUT2D eigenvalue weighted by molar-refractivity contribution is 14.1. The van der Waals surface area contributed by atoms with Crippen LogP contribution < -0.4 is 0 Å². The first-order valence-electron chi connectivity index (χ1n) is 4.97. The quantitative estimate of drug-likeness (QED) is 0.823. The maximum Gasteiger partial charge on any atom is 0.133 e. The summed E-state index contributed by atoms with van der Waals surface area (Å²) in [7, 11) is 0. The van der Waals surface area contributed by atoms with Gasteiger partial charge < -0.3 is 5.11 Å². The van der Waals surface area contributed by atoms with Crippen molar-refractivity contribution in [2.24, 2.45) is 0 Å². The van der Waals surface area contributed by atoms with E-state index in [1.807, 2.05) is 22.6 Å². The van der Waals surface area contributed by atoms with Crippen molar-refractivity contribution in [2.75, 3.05) is 0 Å². The fraction of sp³-hybridized carbons (Fsp3) is 0.0769. The minimum atomic E-state index is -1.28. The normalized spacial score (nSPS) is 12.5. The number of hydrogen-bond acceptors (Lipinski definition) is 1.